The summed E-state index contributed by atoms with van der Waals surface area (Å²) in [7, 11) is 3.63. The van der Waals surface area contributed by atoms with Crippen molar-refractivity contribution in [3.05, 3.63) is 28.8 Å². The maximum absolute atomic E-state index is 11.6. The van der Waals surface area contributed by atoms with Crippen LogP contribution in [0.2, 0.25) is 5.02 Å². The number of rotatable bonds is 5. The predicted molar refractivity (Wildman–Crippen MR) is 82.2 cm³/mol. The summed E-state index contributed by atoms with van der Waals surface area (Å²) in [5, 5.41) is 10.1. The second-order valence-corrected chi connectivity index (χ2v) is 5.79. The van der Waals surface area contributed by atoms with Crippen molar-refractivity contribution < 1.29 is 14.6 Å². The number of benzene rings is 1. The van der Waals surface area contributed by atoms with Gasteiger partial charge < -0.3 is 14.7 Å². The van der Waals surface area contributed by atoms with E-state index in [1.54, 1.807) is 25.3 Å². The van der Waals surface area contributed by atoms with E-state index in [0.29, 0.717) is 17.2 Å². The van der Waals surface area contributed by atoms with Crippen LogP contribution in [0.1, 0.15) is 5.56 Å². The van der Waals surface area contributed by atoms with E-state index in [4.69, 9.17) is 16.3 Å². The van der Waals surface area contributed by atoms with Crippen molar-refractivity contribution in [3.8, 4) is 5.75 Å². The fourth-order valence-corrected chi connectivity index (χ4v) is 2.82. The minimum atomic E-state index is -0.804. The molecule has 0 unspecified atom stereocenters. The van der Waals surface area contributed by atoms with Crippen LogP contribution in [0, 0.1) is 0 Å². The van der Waals surface area contributed by atoms with E-state index in [0.717, 1.165) is 31.7 Å². The zero-order valence-electron chi connectivity index (χ0n) is 12.4. The number of aliphatic carboxylic acids is 1. The number of carbonyl (C=O) groups is 1. The van der Waals surface area contributed by atoms with E-state index in [1.165, 1.54) is 0 Å². The largest absolute Gasteiger partial charge is 0.496 e. The number of halogens is 1. The molecule has 2 rings (SSSR count). The molecule has 0 radical (unpaired) electrons. The molecule has 21 heavy (non-hydrogen) atoms. The lowest BCUT2D eigenvalue weighted by molar-refractivity contribution is -0.144. The van der Waals surface area contributed by atoms with Crippen LogP contribution in [0.5, 0.6) is 5.75 Å². The van der Waals surface area contributed by atoms with Gasteiger partial charge in [-0.25, -0.2) is 0 Å². The van der Waals surface area contributed by atoms with Crippen LogP contribution >= 0.6 is 11.6 Å². The normalized spacial score (nSPS) is 18.4. The van der Waals surface area contributed by atoms with E-state index < -0.39 is 12.0 Å². The summed E-state index contributed by atoms with van der Waals surface area (Å²) in [4.78, 5) is 15.9. The average Bonchev–Trinajstić information content (AvgIpc) is 2.46. The Morgan fingerprint density at radius 3 is 2.62 bits per heavy atom. The van der Waals surface area contributed by atoms with Gasteiger partial charge in [0.05, 0.1) is 7.11 Å². The first-order chi connectivity index (χ1) is 10.0. The number of ether oxygens (including phenoxy) is 1. The number of piperazine rings is 1. The molecule has 1 heterocycles. The second-order valence-electron chi connectivity index (χ2n) is 5.35. The first-order valence-corrected chi connectivity index (χ1v) is 7.37. The molecule has 1 aliphatic heterocycles. The fraction of sp³-hybridized carbons (Fsp3) is 0.533. The molecule has 0 aromatic heterocycles. The summed E-state index contributed by atoms with van der Waals surface area (Å²) in [6.07, 6.45) is 0.392. The average molecular weight is 313 g/mol. The molecule has 6 heteroatoms. The first kappa shape index (κ1) is 16.1. The zero-order valence-corrected chi connectivity index (χ0v) is 13.1. The monoisotopic (exact) mass is 312 g/mol. The lowest BCUT2D eigenvalue weighted by atomic mass is 10.0. The van der Waals surface area contributed by atoms with Crippen LogP contribution in [0.15, 0.2) is 18.2 Å². The van der Waals surface area contributed by atoms with Crippen molar-refractivity contribution in [2.75, 3.05) is 40.3 Å². The molecule has 0 aliphatic carbocycles. The number of carboxylic acids is 1. The first-order valence-electron chi connectivity index (χ1n) is 6.99. The van der Waals surface area contributed by atoms with E-state index in [9.17, 15) is 9.90 Å². The van der Waals surface area contributed by atoms with Crippen LogP contribution in [0.4, 0.5) is 0 Å². The molecule has 1 atom stereocenters. The summed E-state index contributed by atoms with van der Waals surface area (Å²) in [6, 6.07) is 4.76. The van der Waals surface area contributed by atoms with E-state index in [2.05, 4.69) is 4.90 Å². The lowest BCUT2D eigenvalue weighted by Gasteiger charge is -2.36. The van der Waals surface area contributed by atoms with Gasteiger partial charge in [0.1, 0.15) is 11.8 Å². The third-order valence-electron chi connectivity index (χ3n) is 3.92. The van der Waals surface area contributed by atoms with Gasteiger partial charge in [-0.1, -0.05) is 11.6 Å². The SMILES string of the molecule is COc1ccc(Cl)cc1C[C@@H](C(=O)O)N1CCN(C)CC1. The topological polar surface area (TPSA) is 53.0 Å². The van der Waals surface area contributed by atoms with Crippen LogP contribution in [0.25, 0.3) is 0 Å². The molecular weight excluding hydrogens is 292 g/mol. The highest BCUT2D eigenvalue weighted by Crippen LogP contribution is 2.25. The summed E-state index contributed by atoms with van der Waals surface area (Å²) < 4.78 is 5.31. The number of carboxylic acid groups (broad SMARTS) is 1. The molecule has 1 aromatic carbocycles. The van der Waals surface area contributed by atoms with Crippen molar-refractivity contribution >= 4 is 17.6 Å². The van der Waals surface area contributed by atoms with Gasteiger partial charge in [0, 0.05) is 37.6 Å². The Labute approximate surface area is 130 Å². The third-order valence-corrected chi connectivity index (χ3v) is 4.15. The minimum Gasteiger partial charge on any atom is -0.496 e. The van der Waals surface area contributed by atoms with Gasteiger partial charge in [-0.3, -0.25) is 9.69 Å². The summed E-state index contributed by atoms with van der Waals surface area (Å²) in [5.41, 5.74) is 0.830. The Kier molecular flexibility index (Phi) is 5.45. The molecule has 0 saturated carbocycles. The molecular formula is C15H21ClN2O3. The van der Waals surface area contributed by atoms with Gasteiger partial charge in [0.15, 0.2) is 0 Å². The molecule has 0 bridgehead atoms. The highest BCUT2D eigenvalue weighted by atomic mass is 35.5. The van der Waals surface area contributed by atoms with Crippen molar-refractivity contribution in [1.82, 2.24) is 9.80 Å². The molecule has 0 amide bonds. The van der Waals surface area contributed by atoms with Crippen molar-refractivity contribution in [3.63, 3.8) is 0 Å². The molecule has 1 saturated heterocycles. The van der Waals surface area contributed by atoms with Crippen molar-refractivity contribution in [1.29, 1.82) is 0 Å². The number of likely N-dealkylation sites (N-methyl/N-ethyl adjacent to an activating group) is 1. The van der Waals surface area contributed by atoms with Crippen LogP contribution in [-0.2, 0) is 11.2 Å². The second kappa shape index (κ2) is 7.11. The Balaban J connectivity index is 2.16. The smallest absolute Gasteiger partial charge is 0.321 e. The quantitative estimate of drug-likeness (QED) is 0.895. The van der Waals surface area contributed by atoms with Crippen LogP contribution < -0.4 is 4.74 Å². The van der Waals surface area contributed by atoms with Crippen molar-refractivity contribution in [2.24, 2.45) is 0 Å². The molecule has 5 nitrogen and oxygen atoms in total. The fourth-order valence-electron chi connectivity index (χ4n) is 2.62. The predicted octanol–water partition coefficient (Wildman–Crippen LogP) is 1.59. The maximum atomic E-state index is 11.6. The lowest BCUT2D eigenvalue weighted by Crippen LogP contribution is -2.52. The van der Waals surface area contributed by atoms with E-state index >= 15 is 0 Å². The summed E-state index contributed by atoms with van der Waals surface area (Å²) >= 11 is 6.02. The van der Waals surface area contributed by atoms with Crippen LogP contribution in [0.3, 0.4) is 0 Å². The van der Waals surface area contributed by atoms with E-state index in [1.807, 2.05) is 11.9 Å². The number of nitrogens with zero attached hydrogens (tertiary/aromatic N) is 2. The van der Waals surface area contributed by atoms with Gasteiger partial charge in [0.2, 0.25) is 0 Å². The third kappa shape index (κ3) is 4.09. The van der Waals surface area contributed by atoms with Gasteiger partial charge >= 0.3 is 5.97 Å². The molecule has 1 aliphatic rings. The van der Waals surface area contributed by atoms with Crippen molar-refractivity contribution in [2.45, 2.75) is 12.5 Å². The molecule has 1 fully saturated rings. The Morgan fingerprint density at radius 2 is 2.05 bits per heavy atom. The Bertz CT molecular complexity index is 502. The minimum absolute atomic E-state index is 0.392. The number of methoxy groups -OCH3 is 1. The standard InChI is InChI=1S/C15H21ClN2O3/c1-17-5-7-18(8-6-17)13(15(19)20)10-11-9-12(16)3-4-14(11)21-2/h3-4,9,13H,5-8,10H2,1-2H3,(H,19,20)/t13-/m0/s1. The summed E-state index contributed by atoms with van der Waals surface area (Å²) in [5.74, 6) is -0.124. The summed E-state index contributed by atoms with van der Waals surface area (Å²) in [6.45, 7) is 3.29. The molecule has 1 aromatic rings. The van der Waals surface area contributed by atoms with Gasteiger partial charge in [-0.2, -0.15) is 0 Å². The van der Waals surface area contributed by atoms with Gasteiger partial charge in [-0.05, 0) is 30.8 Å². The van der Waals surface area contributed by atoms with E-state index in [-0.39, 0.29) is 0 Å². The molecule has 1 N–H and O–H groups in total. The Hall–Kier alpha value is -1.30. The van der Waals surface area contributed by atoms with Gasteiger partial charge in [-0.15, -0.1) is 0 Å². The maximum Gasteiger partial charge on any atom is 0.321 e. The van der Waals surface area contributed by atoms with Gasteiger partial charge in [0.25, 0.3) is 0 Å². The number of hydrogen-bond donors (Lipinski definition) is 1. The highest BCUT2D eigenvalue weighted by Gasteiger charge is 2.29. The Morgan fingerprint density at radius 1 is 1.38 bits per heavy atom. The highest BCUT2D eigenvalue weighted by molar-refractivity contribution is 6.30. The molecule has 0 spiro atoms. The molecule has 116 valence electrons. The zero-order chi connectivity index (χ0) is 15.4. The number of hydrogen-bond acceptors (Lipinski definition) is 4. The van der Waals surface area contributed by atoms with Crippen LogP contribution in [-0.4, -0.2) is 67.3 Å².